The Labute approximate surface area is 178 Å². The SMILES string of the molecule is COc1ccc(-c2noc(CN3CCN(C(=O)c4c(F)cccc4Cl)CC3)n2)cc1. The number of ether oxygens (including phenoxy) is 1. The number of methoxy groups -OCH3 is 1. The van der Waals surface area contributed by atoms with Gasteiger partial charge in [0, 0.05) is 31.7 Å². The van der Waals surface area contributed by atoms with E-state index in [-0.39, 0.29) is 10.6 Å². The molecule has 7 nitrogen and oxygen atoms in total. The van der Waals surface area contributed by atoms with Crippen molar-refractivity contribution in [3.63, 3.8) is 0 Å². The third-order valence-electron chi connectivity index (χ3n) is 5.01. The van der Waals surface area contributed by atoms with E-state index in [0.29, 0.717) is 44.4 Å². The lowest BCUT2D eigenvalue weighted by Crippen LogP contribution is -2.48. The van der Waals surface area contributed by atoms with E-state index in [0.717, 1.165) is 11.3 Å². The topological polar surface area (TPSA) is 71.7 Å². The van der Waals surface area contributed by atoms with Crippen LogP contribution < -0.4 is 4.74 Å². The molecule has 3 aromatic rings. The third kappa shape index (κ3) is 4.29. The summed E-state index contributed by atoms with van der Waals surface area (Å²) in [6.07, 6.45) is 0. The van der Waals surface area contributed by atoms with E-state index in [2.05, 4.69) is 15.0 Å². The van der Waals surface area contributed by atoms with Gasteiger partial charge in [0.2, 0.25) is 11.7 Å². The molecule has 0 unspecified atom stereocenters. The summed E-state index contributed by atoms with van der Waals surface area (Å²) >= 11 is 6.02. The first-order valence-corrected chi connectivity index (χ1v) is 9.85. The summed E-state index contributed by atoms with van der Waals surface area (Å²) in [7, 11) is 1.61. The van der Waals surface area contributed by atoms with Crippen molar-refractivity contribution in [3.05, 3.63) is 64.8 Å². The van der Waals surface area contributed by atoms with Gasteiger partial charge in [0.1, 0.15) is 11.6 Å². The number of carbonyl (C=O) groups excluding carboxylic acids is 1. The number of piperazine rings is 1. The van der Waals surface area contributed by atoms with E-state index in [1.165, 1.54) is 18.2 Å². The fourth-order valence-corrected chi connectivity index (χ4v) is 3.58. The zero-order valence-electron chi connectivity index (χ0n) is 16.3. The van der Waals surface area contributed by atoms with Crippen LogP contribution in [0.5, 0.6) is 5.75 Å². The highest BCUT2D eigenvalue weighted by molar-refractivity contribution is 6.33. The zero-order valence-corrected chi connectivity index (χ0v) is 17.1. The zero-order chi connectivity index (χ0) is 21.1. The van der Waals surface area contributed by atoms with Crippen molar-refractivity contribution >= 4 is 17.5 Å². The highest BCUT2D eigenvalue weighted by atomic mass is 35.5. The van der Waals surface area contributed by atoms with Gasteiger partial charge in [0.15, 0.2) is 0 Å². The molecule has 1 aliphatic heterocycles. The summed E-state index contributed by atoms with van der Waals surface area (Å²) in [5.74, 6) is 0.768. The van der Waals surface area contributed by atoms with Gasteiger partial charge in [-0.1, -0.05) is 22.8 Å². The van der Waals surface area contributed by atoms with E-state index in [9.17, 15) is 9.18 Å². The van der Waals surface area contributed by atoms with Crippen molar-refractivity contribution < 1.29 is 18.4 Å². The second-order valence-electron chi connectivity index (χ2n) is 6.91. The molecule has 0 aliphatic carbocycles. The molecule has 2 aromatic carbocycles. The van der Waals surface area contributed by atoms with Crippen molar-refractivity contribution in [2.75, 3.05) is 33.3 Å². The van der Waals surface area contributed by atoms with Crippen LogP contribution in [0.3, 0.4) is 0 Å². The Morgan fingerprint density at radius 1 is 1.17 bits per heavy atom. The van der Waals surface area contributed by atoms with Crippen molar-refractivity contribution in [2.45, 2.75) is 6.54 Å². The minimum absolute atomic E-state index is 0.0753. The van der Waals surface area contributed by atoms with E-state index < -0.39 is 11.7 Å². The van der Waals surface area contributed by atoms with Crippen LogP contribution in [0.15, 0.2) is 47.0 Å². The van der Waals surface area contributed by atoms with Gasteiger partial charge in [-0.05, 0) is 36.4 Å². The standard InChI is InChI=1S/C21H20ClFN4O3/c1-29-15-7-5-14(6-8-15)20-24-18(30-25-20)13-26-9-11-27(12-10-26)21(28)19-16(22)3-2-4-17(19)23/h2-8H,9-13H2,1H3. The second kappa shape index (κ2) is 8.81. The largest absolute Gasteiger partial charge is 0.497 e. The molecule has 1 amide bonds. The minimum Gasteiger partial charge on any atom is -0.497 e. The highest BCUT2D eigenvalue weighted by Crippen LogP contribution is 2.23. The van der Waals surface area contributed by atoms with Gasteiger partial charge in [0.05, 0.1) is 24.2 Å². The molecule has 2 heterocycles. The molecule has 0 spiro atoms. The van der Waals surface area contributed by atoms with Gasteiger partial charge in [-0.2, -0.15) is 4.98 Å². The summed E-state index contributed by atoms with van der Waals surface area (Å²) in [6, 6.07) is 11.6. The molecule has 4 rings (SSSR count). The average Bonchev–Trinajstić information content (AvgIpc) is 3.22. The molecule has 0 N–H and O–H groups in total. The molecule has 0 atom stereocenters. The Bertz CT molecular complexity index is 1010. The second-order valence-corrected chi connectivity index (χ2v) is 7.31. The Morgan fingerprint density at radius 2 is 1.90 bits per heavy atom. The number of hydrogen-bond acceptors (Lipinski definition) is 6. The van der Waals surface area contributed by atoms with Crippen molar-refractivity contribution in [3.8, 4) is 17.1 Å². The minimum atomic E-state index is -0.605. The summed E-state index contributed by atoms with van der Waals surface area (Å²) in [5, 5.41) is 4.16. The van der Waals surface area contributed by atoms with Crippen LogP contribution in [0.25, 0.3) is 11.4 Å². The number of amides is 1. The predicted molar refractivity (Wildman–Crippen MR) is 109 cm³/mol. The fraction of sp³-hybridized carbons (Fsp3) is 0.286. The van der Waals surface area contributed by atoms with Crippen molar-refractivity contribution in [1.82, 2.24) is 19.9 Å². The summed E-state index contributed by atoms with van der Waals surface area (Å²) < 4.78 is 24.6. The van der Waals surface area contributed by atoms with Gasteiger partial charge in [0.25, 0.3) is 5.91 Å². The number of benzene rings is 2. The number of nitrogens with zero attached hydrogens (tertiary/aromatic N) is 4. The normalized spacial score (nSPS) is 14.7. The van der Waals surface area contributed by atoms with E-state index in [1.807, 2.05) is 24.3 Å². The van der Waals surface area contributed by atoms with Crippen molar-refractivity contribution in [1.29, 1.82) is 0 Å². The summed E-state index contributed by atoms with van der Waals surface area (Å²) in [5.41, 5.74) is 0.761. The number of aromatic nitrogens is 2. The van der Waals surface area contributed by atoms with Crippen LogP contribution in [-0.4, -0.2) is 59.1 Å². The Morgan fingerprint density at radius 3 is 2.57 bits per heavy atom. The molecule has 0 bridgehead atoms. The lowest BCUT2D eigenvalue weighted by Gasteiger charge is -2.34. The number of carbonyl (C=O) groups is 1. The van der Waals surface area contributed by atoms with Crippen LogP contribution in [0.4, 0.5) is 4.39 Å². The van der Waals surface area contributed by atoms with Crippen LogP contribution in [0.1, 0.15) is 16.2 Å². The molecule has 0 radical (unpaired) electrons. The predicted octanol–water partition coefficient (Wildman–Crippen LogP) is 3.50. The maximum Gasteiger partial charge on any atom is 0.258 e. The molecule has 1 aromatic heterocycles. The molecule has 0 saturated carbocycles. The van der Waals surface area contributed by atoms with Crippen LogP contribution in [0.2, 0.25) is 5.02 Å². The molecule has 156 valence electrons. The van der Waals surface area contributed by atoms with Crippen LogP contribution in [0, 0.1) is 5.82 Å². The Kier molecular flexibility index (Phi) is 5.96. The van der Waals surface area contributed by atoms with Crippen LogP contribution in [-0.2, 0) is 6.54 Å². The molecule has 1 saturated heterocycles. The van der Waals surface area contributed by atoms with Gasteiger partial charge < -0.3 is 14.2 Å². The fourth-order valence-electron chi connectivity index (χ4n) is 3.34. The van der Waals surface area contributed by atoms with Gasteiger partial charge in [-0.25, -0.2) is 4.39 Å². The monoisotopic (exact) mass is 430 g/mol. The molecular formula is C21H20ClFN4O3. The van der Waals surface area contributed by atoms with E-state index in [1.54, 1.807) is 12.0 Å². The maximum atomic E-state index is 14.0. The third-order valence-corrected chi connectivity index (χ3v) is 5.33. The molecule has 1 fully saturated rings. The summed E-state index contributed by atoms with van der Waals surface area (Å²) in [6.45, 7) is 2.62. The Balaban J connectivity index is 1.35. The highest BCUT2D eigenvalue weighted by Gasteiger charge is 2.26. The first kappa shape index (κ1) is 20.3. The number of rotatable bonds is 5. The van der Waals surface area contributed by atoms with Gasteiger partial charge >= 0.3 is 0 Å². The number of hydrogen-bond donors (Lipinski definition) is 0. The van der Waals surface area contributed by atoms with Gasteiger partial charge in [-0.3, -0.25) is 9.69 Å². The number of halogens is 2. The lowest BCUT2D eigenvalue weighted by atomic mass is 10.1. The van der Waals surface area contributed by atoms with E-state index in [4.69, 9.17) is 20.9 Å². The summed E-state index contributed by atoms with van der Waals surface area (Å²) in [4.78, 5) is 20.8. The first-order chi connectivity index (χ1) is 14.5. The van der Waals surface area contributed by atoms with E-state index >= 15 is 0 Å². The van der Waals surface area contributed by atoms with Gasteiger partial charge in [-0.15, -0.1) is 0 Å². The smallest absolute Gasteiger partial charge is 0.258 e. The lowest BCUT2D eigenvalue weighted by molar-refractivity contribution is 0.0611. The molecule has 1 aliphatic rings. The molecular weight excluding hydrogens is 411 g/mol. The van der Waals surface area contributed by atoms with Crippen LogP contribution >= 0.6 is 11.6 Å². The Hall–Kier alpha value is -2.97. The molecule has 30 heavy (non-hydrogen) atoms. The quantitative estimate of drug-likeness (QED) is 0.617. The average molecular weight is 431 g/mol. The van der Waals surface area contributed by atoms with Crippen molar-refractivity contribution in [2.24, 2.45) is 0 Å². The molecule has 9 heteroatoms. The maximum absolute atomic E-state index is 14.0. The first-order valence-electron chi connectivity index (χ1n) is 9.48.